The van der Waals surface area contributed by atoms with Gasteiger partial charge in [0.15, 0.2) is 0 Å². The highest BCUT2D eigenvalue weighted by Gasteiger charge is 2.06. The Balaban J connectivity index is 2.00. The van der Waals surface area contributed by atoms with Crippen LogP contribution in [0, 0.1) is 0 Å². The third-order valence-corrected chi connectivity index (χ3v) is 3.03. The second-order valence-corrected chi connectivity index (χ2v) is 4.31. The Bertz CT molecular complexity index is 701. The first-order valence-corrected chi connectivity index (χ1v) is 5.92. The van der Waals surface area contributed by atoms with E-state index >= 15 is 0 Å². The van der Waals surface area contributed by atoms with Crippen LogP contribution in [0.4, 0.5) is 5.69 Å². The van der Waals surface area contributed by atoms with Gasteiger partial charge in [-0.2, -0.15) is 0 Å². The molecule has 0 aliphatic carbocycles. The number of anilines is 1. The number of aromatic hydroxyl groups is 1. The number of rotatable bonds is 2. The number of hydrogen-bond donors (Lipinski definition) is 3. The molecule has 0 aliphatic heterocycles. The number of pyridine rings is 1. The SMILES string of the molecule is Nc1ccncc1-c1c[nH]c(-c2ccc(O)cc2)c1. The quantitative estimate of drug-likeness (QED) is 0.655. The van der Waals surface area contributed by atoms with Crippen molar-refractivity contribution < 1.29 is 5.11 Å². The van der Waals surface area contributed by atoms with Crippen LogP contribution in [0.25, 0.3) is 22.4 Å². The fraction of sp³-hybridized carbons (Fsp3) is 0. The van der Waals surface area contributed by atoms with Gasteiger partial charge in [-0.3, -0.25) is 4.98 Å². The third-order valence-electron chi connectivity index (χ3n) is 3.03. The van der Waals surface area contributed by atoms with Gasteiger partial charge >= 0.3 is 0 Å². The highest BCUT2D eigenvalue weighted by molar-refractivity contribution is 5.78. The second-order valence-electron chi connectivity index (χ2n) is 4.31. The van der Waals surface area contributed by atoms with Gasteiger partial charge in [0.1, 0.15) is 5.75 Å². The predicted molar refractivity (Wildman–Crippen MR) is 75.5 cm³/mol. The van der Waals surface area contributed by atoms with Crippen LogP contribution in [0.2, 0.25) is 0 Å². The van der Waals surface area contributed by atoms with Crippen LogP contribution < -0.4 is 5.73 Å². The zero-order chi connectivity index (χ0) is 13.2. The van der Waals surface area contributed by atoms with Crippen molar-refractivity contribution in [2.75, 3.05) is 5.73 Å². The average Bonchev–Trinajstić information content (AvgIpc) is 2.89. The summed E-state index contributed by atoms with van der Waals surface area (Å²) in [6, 6.07) is 10.8. The summed E-state index contributed by atoms with van der Waals surface area (Å²) >= 11 is 0. The molecule has 1 aromatic carbocycles. The number of hydrogen-bond acceptors (Lipinski definition) is 3. The minimum atomic E-state index is 0.257. The number of aromatic amines is 1. The Labute approximate surface area is 110 Å². The molecule has 2 aromatic heterocycles. The number of aromatic nitrogens is 2. The molecule has 3 rings (SSSR count). The lowest BCUT2D eigenvalue weighted by atomic mass is 10.1. The first-order chi connectivity index (χ1) is 9.24. The summed E-state index contributed by atoms with van der Waals surface area (Å²) < 4.78 is 0. The summed E-state index contributed by atoms with van der Waals surface area (Å²) in [7, 11) is 0. The number of benzene rings is 1. The minimum absolute atomic E-state index is 0.257. The number of phenols is 1. The van der Waals surface area contributed by atoms with Gasteiger partial charge < -0.3 is 15.8 Å². The van der Waals surface area contributed by atoms with Gasteiger partial charge in [0.2, 0.25) is 0 Å². The first-order valence-electron chi connectivity index (χ1n) is 5.92. The number of nitrogens with zero attached hydrogens (tertiary/aromatic N) is 1. The van der Waals surface area contributed by atoms with E-state index in [1.54, 1.807) is 30.6 Å². The lowest BCUT2D eigenvalue weighted by Gasteiger charge is -2.01. The van der Waals surface area contributed by atoms with Crippen LogP contribution in [-0.4, -0.2) is 15.1 Å². The molecule has 0 amide bonds. The molecule has 4 nitrogen and oxygen atoms in total. The Morgan fingerprint density at radius 1 is 1.05 bits per heavy atom. The van der Waals surface area contributed by atoms with Gasteiger partial charge in [-0.1, -0.05) is 0 Å². The third kappa shape index (κ3) is 2.15. The zero-order valence-corrected chi connectivity index (χ0v) is 10.2. The normalized spacial score (nSPS) is 10.5. The first kappa shape index (κ1) is 11.3. The van der Waals surface area contributed by atoms with E-state index in [1.165, 1.54) is 0 Å². The average molecular weight is 251 g/mol. The molecule has 4 heteroatoms. The maximum absolute atomic E-state index is 9.29. The van der Waals surface area contributed by atoms with Crippen LogP contribution in [0.1, 0.15) is 0 Å². The molecule has 0 bridgehead atoms. The molecule has 19 heavy (non-hydrogen) atoms. The molecule has 0 saturated heterocycles. The maximum atomic E-state index is 9.29. The lowest BCUT2D eigenvalue weighted by Crippen LogP contribution is -1.89. The highest BCUT2D eigenvalue weighted by atomic mass is 16.3. The van der Waals surface area contributed by atoms with Gasteiger partial charge in [0.05, 0.1) is 0 Å². The van der Waals surface area contributed by atoms with E-state index in [1.807, 2.05) is 24.4 Å². The van der Waals surface area contributed by atoms with Gasteiger partial charge in [0, 0.05) is 41.1 Å². The number of nitrogen functional groups attached to an aromatic ring is 1. The van der Waals surface area contributed by atoms with Crippen molar-refractivity contribution in [3.63, 3.8) is 0 Å². The topological polar surface area (TPSA) is 74.9 Å². The van der Waals surface area contributed by atoms with Crippen LogP contribution >= 0.6 is 0 Å². The smallest absolute Gasteiger partial charge is 0.115 e. The van der Waals surface area contributed by atoms with Crippen molar-refractivity contribution in [1.29, 1.82) is 0 Å². The molecule has 0 aliphatic rings. The maximum Gasteiger partial charge on any atom is 0.115 e. The monoisotopic (exact) mass is 251 g/mol. The number of phenolic OH excluding ortho intramolecular Hbond substituents is 1. The van der Waals surface area contributed by atoms with Gasteiger partial charge in [-0.25, -0.2) is 0 Å². The number of nitrogens with two attached hydrogens (primary N) is 1. The summed E-state index contributed by atoms with van der Waals surface area (Å²) in [4.78, 5) is 7.29. The molecule has 0 saturated carbocycles. The van der Waals surface area contributed by atoms with E-state index in [-0.39, 0.29) is 5.75 Å². The van der Waals surface area contributed by atoms with Crippen LogP contribution in [0.15, 0.2) is 55.0 Å². The lowest BCUT2D eigenvalue weighted by molar-refractivity contribution is 0.475. The molecule has 0 radical (unpaired) electrons. The number of H-pyrrole nitrogens is 1. The van der Waals surface area contributed by atoms with Crippen LogP contribution in [-0.2, 0) is 0 Å². The van der Waals surface area contributed by atoms with Crippen molar-refractivity contribution in [3.8, 4) is 28.1 Å². The Kier molecular flexibility index (Phi) is 2.68. The second kappa shape index (κ2) is 4.49. The van der Waals surface area contributed by atoms with E-state index in [9.17, 15) is 5.11 Å². The zero-order valence-electron chi connectivity index (χ0n) is 10.2. The molecule has 0 spiro atoms. The van der Waals surface area contributed by atoms with Crippen molar-refractivity contribution in [1.82, 2.24) is 9.97 Å². The minimum Gasteiger partial charge on any atom is -0.508 e. The summed E-state index contributed by atoms with van der Waals surface area (Å²) in [5.74, 6) is 0.257. The van der Waals surface area contributed by atoms with Crippen LogP contribution in [0.5, 0.6) is 5.75 Å². The molecular formula is C15H13N3O. The van der Waals surface area contributed by atoms with E-state index in [4.69, 9.17) is 5.73 Å². The van der Waals surface area contributed by atoms with Gasteiger partial charge in [-0.15, -0.1) is 0 Å². The summed E-state index contributed by atoms with van der Waals surface area (Å²) in [6.45, 7) is 0. The molecule has 4 N–H and O–H groups in total. The standard InChI is InChI=1S/C15H13N3O/c16-14-5-6-17-9-13(14)11-7-15(18-8-11)10-1-3-12(19)4-2-10/h1-9,18-19H,(H2,16,17). The van der Waals surface area contributed by atoms with Crippen molar-refractivity contribution in [2.45, 2.75) is 0 Å². The fourth-order valence-corrected chi connectivity index (χ4v) is 2.00. The summed E-state index contributed by atoms with van der Waals surface area (Å²) in [5.41, 5.74) is 10.5. The Morgan fingerprint density at radius 3 is 2.58 bits per heavy atom. The van der Waals surface area contributed by atoms with E-state index in [0.29, 0.717) is 5.69 Å². The number of nitrogens with one attached hydrogen (secondary N) is 1. The van der Waals surface area contributed by atoms with Crippen molar-refractivity contribution in [3.05, 3.63) is 55.0 Å². The molecule has 2 heterocycles. The Morgan fingerprint density at radius 2 is 1.84 bits per heavy atom. The van der Waals surface area contributed by atoms with Crippen molar-refractivity contribution >= 4 is 5.69 Å². The van der Waals surface area contributed by atoms with Crippen LogP contribution in [0.3, 0.4) is 0 Å². The van der Waals surface area contributed by atoms with E-state index < -0.39 is 0 Å². The molecule has 0 atom stereocenters. The van der Waals surface area contributed by atoms with E-state index in [0.717, 1.165) is 22.4 Å². The predicted octanol–water partition coefficient (Wildman–Crippen LogP) is 3.03. The largest absolute Gasteiger partial charge is 0.508 e. The van der Waals surface area contributed by atoms with Gasteiger partial charge in [-0.05, 0) is 42.0 Å². The molecule has 0 fully saturated rings. The van der Waals surface area contributed by atoms with E-state index in [2.05, 4.69) is 9.97 Å². The summed E-state index contributed by atoms with van der Waals surface area (Å²) in [6.07, 6.45) is 5.32. The highest BCUT2D eigenvalue weighted by Crippen LogP contribution is 2.29. The van der Waals surface area contributed by atoms with Crippen molar-refractivity contribution in [2.24, 2.45) is 0 Å². The molecular weight excluding hydrogens is 238 g/mol. The molecule has 94 valence electrons. The Hall–Kier alpha value is -2.75. The summed E-state index contributed by atoms with van der Waals surface area (Å²) in [5, 5.41) is 9.29. The van der Waals surface area contributed by atoms with Gasteiger partial charge in [0.25, 0.3) is 0 Å². The fourth-order valence-electron chi connectivity index (χ4n) is 2.00. The molecule has 0 unspecified atom stereocenters. The molecule has 3 aromatic rings.